The van der Waals surface area contributed by atoms with Crippen LogP contribution in [0.3, 0.4) is 0 Å². The Morgan fingerprint density at radius 2 is 1.94 bits per heavy atom. The van der Waals surface area contributed by atoms with Crippen LogP contribution < -0.4 is 16.2 Å². The van der Waals surface area contributed by atoms with E-state index in [-0.39, 0.29) is 10.8 Å². The number of rotatable bonds is 6. The van der Waals surface area contributed by atoms with E-state index in [4.69, 9.17) is 20.7 Å². The highest BCUT2D eigenvalue weighted by molar-refractivity contribution is 7.89. The summed E-state index contributed by atoms with van der Waals surface area (Å²) >= 11 is 0. The molecular weight excluding hydrogens is 446 g/mol. The van der Waals surface area contributed by atoms with Gasteiger partial charge in [-0.15, -0.1) is 0 Å². The molecule has 1 unspecified atom stereocenters. The van der Waals surface area contributed by atoms with E-state index in [0.717, 1.165) is 29.9 Å². The number of anilines is 1. The molecular formula is C23H22B2N6O2S. The van der Waals surface area contributed by atoms with Gasteiger partial charge in [0.25, 0.3) is 0 Å². The molecule has 4 radical (unpaired) electrons. The van der Waals surface area contributed by atoms with Crippen molar-refractivity contribution in [3.63, 3.8) is 0 Å². The monoisotopic (exact) mass is 468 g/mol. The number of piperidine rings is 1. The zero-order valence-corrected chi connectivity index (χ0v) is 19.3. The molecule has 3 aromatic heterocycles. The van der Waals surface area contributed by atoms with Gasteiger partial charge in [0.2, 0.25) is 10.0 Å². The van der Waals surface area contributed by atoms with E-state index >= 15 is 0 Å². The molecule has 1 fully saturated rings. The van der Waals surface area contributed by atoms with E-state index in [2.05, 4.69) is 15.4 Å². The quantitative estimate of drug-likeness (QED) is 0.423. The van der Waals surface area contributed by atoms with Crippen LogP contribution in [-0.2, 0) is 16.6 Å². The molecule has 1 N–H and O–H groups in total. The van der Waals surface area contributed by atoms with Gasteiger partial charge in [-0.3, -0.25) is 4.98 Å². The SMILES string of the molecule is [B]c1ccc(S(=O)(=O)N2CCCC(c3cc(NCc4cccnc4)n4ncc([B])c4n3)C2)cc1. The van der Waals surface area contributed by atoms with E-state index in [9.17, 15) is 8.42 Å². The Morgan fingerprint density at radius 1 is 1.12 bits per heavy atom. The van der Waals surface area contributed by atoms with Crippen molar-refractivity contribution in [2.24, 2.45) is 0 Å². The summed E-state index contributed by atoms with van der Waals surface area (Å²) in [6.45, 7) is 1.35. The molecule has 4 aromatic rings. The molecule has 168 valence electrons. The van der Waals surface area contributed by atoms with E-state index < -0.39 is 10.0 Å². The summed E-state index contributed by atoms with van der Waals surface area (Å²) in [6.07, 6.45) is 6.66. The lowest BCUT2D eigenvalue weighted by molar-refractivity contribution is 0.313. The maximum absolute atomic E-state index is 13.2. The maximum atomic E-state index is 13.2. The third-order valence-corrected chi connectivity index (χ3v) is 7.91. The molecule has 34 heavy (non-hydrogen) atoms. The zero-order chi connectivity index (χ0) is 23.7. The minimum absolute atomic E-state index is 0.0736. The summed E-state index contributed by atoms with van der Waals surface area (Å²) < 4.78 is 29.7. The van der Waals surface area contributed by atoms with Crippen molar-refractivity contribution in [3.8, 4) is 0 Å². The van der Waals surface area contributed by atoms with Crippen molar-refractivity contribution in [2.75, 3.05) is 18.4 Å². The van der Waals surface area contributed by atoms with E-state index in [1.54, 1.807) is 47.4 Å². The Morgan fingerprint density at radius 3 is 2.71 bits per heavy atom. The standard InChI is InChI=1S/C23H22B2N6O2S/c24-18-5-7-19(8-6-18)34(32,33)30-10-2-4-17(15-30)21-11-22(27-13-16-3-1-9-26-12-16)31-23(29-21)20(25)14-28-31/h1,3,5-9,11-12,14,17,27H,2,4,10,13,15H2. The predicted octanol–water partition coefficient (Wildman–Crippen LogP) is 0.892. The van der Waals surface area contributed by atoms with Crippen LogP contribution in [0.25, 0.3) is 5.65 Å². The highest BCUT2D eigenvalue weighted by atomic mass is 32.2. The Hall–Kier alpha value is -3.17. The number of pyridine rings is 1. The van der Waals surface area contributed by atoms with E-state index in [0.29, 0.717) is 36.2 Å². The number of hydrogen-bond acceptors (Lipinski definition) is 6. The molecule has 0 amide bonds. The molecule has 8 nitrogen and oxygen atoms in total. The Balaban J connectivity index is 1.44. The lowest BCUT2D eigenvalue weighted by atomic mass is 9.95. The van der Waals surface area contributed by atoms with Gasteiger partial charge in [0.1, 0.15) is 21.5 Å². The average Bonchev–Trinajstić information content (AvgIpc) is 3.24. The van der Waals surface area contributed by atoms with Gasteiger partial charge in [0.05, 0.1) is 10.6 Å². The molecule has 1 aliphatic heterocycles. The van der Waals surface area contributed by atoms with Crippen molar-refractivity contribution < 1.29 is 8.42 Å². The fourth-order valence-electron chi connectivity index (χ4n) is 4.22. The first kappa shape index (κ1) is 22.6. The normalized spacial score (nSPS) is 17.1. The first-order valence-corrected chi connectivity index (χ1v) is 12.5. The van der Waals surface area contributed by atoms with Gasteiger partial charge in [-0.05, 0) is 42.1 Å². The van der Waals surface area contributed by atoms with Crippen molar-refractivity contribution in [1.29, 1.82) is 0 Å². The van der Waals surface area contributed by atoms with Crippen LogP contribution in [-0.4, -0.2) is 61.1 Å². The van der Waals surface area contributed by atoms with Crippen LogP contribution in [0.1, 0.15) is 30.0 Å². The smallest absolute Gasteiger partial charge is 0.243 e. The fourth-order valence-corrected chi connectivity index (χ4v) is 5.74. The first-order valence-electron chi connectivity index (χ1n) is 11.0. The second kappa shape index (κ2) is 9.23. The van der Waals surface area contributed by atoms with Crippen LogP contribution in [0.15, 0.2) is 66.0 Å². The maximum Gasteiger partial charge on any atom is 0.243 e. The average molecular weight is 468 g/mol. The van der Waals surface area contributed by atoms with Gasteiger partial charge in [-0.25, -0.2) is 13.4 Å². The van der Waals surface area contributed by atoms with Gasteiger partial charge < -0.3 is 5.32 Å². The van der Waals surface area contributed by atoms with Gasteiger partial charge >= 0.3 is 0 Å². The summed E-state index contributed by atoms with van der Waals surface area (Å²) in [6, 6.07) is 12.1. The second-order valence-electron chi connectivity index (χ2n) is 8.39. The molecule has 5 rings (SSSR count). The molecule has 1 atom stereocenters. The highest BCUT2D eigenvalue weighted by Gasteiger charge is 2.32. The molecule has 1 aliphatic rings. The number of sulfonamides is 1. The summed E-state index contributed by atoms with van der Waals surface area (Å²) in [5, 5.41) is 7.74. The van der Waals surface area contributed by atoms with Crippen LogP contribution in [0, 0.1) is 0 Å². The first-order chi connectivity index (χ1) is 16.4. The summed E-state index contributed by atoms with van der Waals surface area (Å²) in [5.74, 6) is 0.662. The molecule has 11 heteroatoms. The number of benzene rings is 1. The van der Waals surface area contributed by atoms with Crippen LogP contribution in [0.4, 0.5) is 5.82 Å². The Bertz CT molecular complexity index is 1410. The third-order valence-electron chi connectivity index (χ3n) is 6.04. The van der Waals surface area contributed by atoms with Crippen molar-refractivity contribution in [1.82, 2.24) is 23.9 Å². The fraction of sp³-hybridized carbons (Fsp3) is 0.261. The van der Waals surface area contributed by atoms with Crippen molar-refractivity contribution in [2.45, 2.75) is 30.2 Å². The third kappa shape index (κ3) is 4.45. The minimum atomic E-state index is -3.63. The highest BCUT2D eigenvalue weighted by Crippen LogP contribution is 2.30. The summed E-state index contributed by atoms with van der Waals surface area (Å²) in [7, 11) is 8.23. The van der Waals surface area contributed by atoms with E-state index in [1.807, 2.05) is 18.2 Å². The topological polar surface area (TPSA) is 92.5 Å². The molecule has 0 saturated carbocycles. The Kier molecular flexibility index (Phi) is 6.14. The largest absolute Gasteiger partial charge is 0.366 e. The Labute approximate surface area is 201 Å². The minimum Gasteiger partial charge on any atom is -0.366 e. The molecule has 4 heterocycles. The number of nitrogens with one attached hydrogen (secondary N) is 1. The van der Waals surface area contributed by atoms with Crippen LogP contribution >= 0.6 is 0 Å². The lowest BCUT2D eigenvalue weighted by Crippen LogP contribution is -2.39. The molecule has 0 aliphatic carbocycles. The number of fused-ring (bicyclic) bond motifs is 1. The van der Waals surface area contributed by atoms with Gasteiger partial charge in [-0.1, -0.05) is 23.7 Å². The number of hydrogen-bond donors (Lipinski definition) is 1. The van der Waals surface area contributed by atoms with Crippen LogP contribution in [0.2, 0.25) is 0 Å². The van der Waals surface area contributed by atoms with Crippen LogP contribution in [0.5, 0.6) is 0 Å². The number of aromatic nitrogens is 4. The van der Waals surface area contributed by atoms with Gasteiger partial charge in [-0.2, -0.15) is 13.9 Å². The molecule has 0 bridgehead atoms. The van der Waals surface area contributed by atoms with Crippen molar-refractivity contribution in [3.05, 3.63) is 72.3 Å². The summed E-state index contributed by atoms with van der Waals surface area (Å²) in [4.78, 5) is 9.15. The van der Waals surface area contributed by atoms with E-state index in [1.165, 1.54) is 4.31 Å². The second-order valence-corrected chi connectivity index (χ2v) is 10.3. The summed E-state index contributed by atoms with van der Waals surface area (Å²) in [5.41, 5.74) is 3.34. The number of nitrogens with zero attached hydrogens (tertiary/aromatic N) is 5. The zero-order valence-electron chi connectivity index (χ0n) is 18.5. The molecule has 1 saturated heterocycles. The van der Waals surface area contributed by atoms with Crippen molar-refractivity contribution >= 4 is 48.1 Å². The lowest BCUT2D eigenvalue weighted by Gasteiger charge is -2.32. The van der Waals surface area contributed by atoms with Gasteiger partial charge in [0, 0.05) is 50.2 Å². The van der Waals surface area contributed by atoms with Gasteiger partial charge in [0.15, 0.2) is 5.65 Å². The molecule has 1 aromatic carbocycles. The predicted molar refractivity (Wildman–Crippen MR) is 133 cm³/mol. The molecule has 0 spiro atoms.